The molecule has 0 spiro atoms. The van der Waals surface area contributed by atoms with Crippen LogP contribution in [0.25, 0.3) is 0 Å². The van der Waals surface area contributed by atoms with E-state index in [0.717, 1.165) is 10.7 Å². The smallest absolute Gasteiger partial charge is 0.410 e. The Labute approximate surface area is 247 Å². The number of nitrogens with one attached hydrogen (secondary N) is 2. The van der Waals surface area contributed by atoms with Crippen molar-refractivity contribution in [1.82, 2.24) is 9.78 Å². The zero-order chi connectivity index (χ0) is 31.0. The molecule has 2 aliphatic rings. The van der Waals surface area contributed by atoms with Crippen LogP contribution in [-0.4, -0.2) is 40.2 Å². The van der Waals surface area contributed by atoms with E-state index >= 15 is 0 Å². The fourth-order valence-electron chi connectivity index (χ4n) is 4.95. The number of non-ortho nitro benzene ring substituents is 1. The molecule has 3 aromatic carbocycles. The Morgan fingerprint density at radius 3 is 2.55 bits per heavy atom. The van der Waals surface area contributed by atoms with Gasteiger partial charge in [0.2, 0.25) is 6.79 Å². The first kappa shape index (κ1) is 28.6. The molecule has 2 N–H and O–H groups in total. The third-order valence-corrected chi connectivity index (χ3v) is 6.95. The molecule has 0 radical (unpaired) electrons. The molecule has 0 fully saturated rings. The van der Waals surface area contributed by atoms with Crippen molar-refractivity contribution < 1.29 is 41.8 Å². The van der Waals surface area contributed by atoms with Gasteiger partial charge in [-0.2, -0.15) is 18.3 Å². The van der Waals surface area contributed by atoms with Crippen LogP contribution in [0, 0.1) is 10.1 Å². The molecule has 2 atom stereocenters. The van der Waals surface area contributed by atoms with E-state index < -0.39 is 35.5 Å². The van der Waals surface area contributed by atoms with Gasteiger partial charge >= 0.3 is 6.18 Å². The number of nitrogens with zero attached hydrogens (tertiary/aromatic N) is 3. The van der Waals surface area contributed by atoms with Gasteiger partial charge in [-0.3, -0.25) is 14.9 Å². The second-order valence-electron chi connectivity index (χ2n) is 9.90. The van der Waals surface area contributed by atoms with E-state index in [0.29, 0.717) is 35.2 Å². The van der Waals surface area contributed by atoms with E-state index in [2.05, 4.69) is 15.7 Å². The molecule has 6 rings (SSSR count). The molecule has 0 saturated heterocycles. The first-order valence-corrected chi connectivity index (χ1v) is 13.4. The summed E-state index contributed by atoms with van der Waals surface area (Å²) in [6, 6.07) is 13.5. The molecule has 44 heavy (non-hydrogen) atoms. The van der Waals surface area contributed by atoms with Crippen LogP contribution in [0.15, 0.2) is 66.7 Å². The molecule has 3 heterocycles. The zero-order valence-corrected chi connectivity index (χ0v) is 23.0. The largest absolute Gasteiger partial charge is 0.494 e. The van der Waals surface area contributed by atoms with Crippen LogP contribution >= 0.6 is 0 Å². The molecule has 0 saturated carbocycles. The van der Waals surface area contributed by atoms with Gasteiger partial charge in [0.05, 0.1) is 29.3 Å². The Morgan fingerprint density at radius 2 is 1.82 bits per heavy atom. The summed E-state index contributed by atoms with van der Waals surface area (Å²) < 4.78 is 65.0. The van der Waals surface area contributed by atoms with Crippen molar-refractivity contribution in [3.63, 3.8) is 0 Å². The fourth-order valence-corrected chi connectivity index (χ4v) is 4.95. The number of aromatic nitrogens is 2. The molecule has 2 aliphatic heterocycles. The molecule has 0 bridgehead atoms. The molecule has 15 heteroatoms. The average Bonchev–Trinajstić information content (AvgIpc) is 3.64. The predicted octanol–water partition coefficient (Wildman–Crippen LogP) is 6.62. The van der Waals surface area contributed by atoms with Gasteiger partial charge in [-0.1, -0.05) is 6.07 Å². The summed E-state index contributed by atoms with van der Waals surface area (Å²) in [4.78, 5) is 24.1. The maximum Gasteiger partial charge on any atom is 0.410 e. The highest BCUT2D eigenvalue weighted by Crippen LogP contribution is 2.45. The minimum atomic E-state index is -4.67. The number of halogens is 3. The average molecular weight is 612 g/mol. The minimum absolute atomic E-state index is 0.0188. The highest BCUT2D eigenvalue weighted by atomic mass is 19.4. The number of alkyl halides is 3. The standard InChI is InChI=1S/C29H24F3N5O7/c1-2-41-19-4-6-20(7-5-19)44-21-11-17(10-18(12-21)37(39)40)33-28(38)23-14-27-34-22(13-26(29(30,31)32)36(27)35-23)16-3-8-24-25(9-16)43-15-42-24/h3-12,14,22,26,34H,2,13,15H2,1H3,(H,33,38)/t22-,26-/m0/s1. The minimum Gasteiger partial charge on any atom is -0.494 e. The first-order chi connectivity index (χ1) is 21.1. The van der Waals surface area contributed by atoms with Crippen molar-refractivity contribution in [3.8, 4) is 28.7 Å². The number of carbonyl (C=O) groups is 1. The van der Waals surface area contributed by atoms with Gasteiger partial charge in [-0.25, -0.2) is 4.68 Å². The number of nitro benzene ring substituents is 1. The number of amides is 1. The second kappa shape index (κ2) is 11.3. The lowest BCUT2D eigenvalue weighted by Gasteiger charge is -2.33. The van der Waals surface area contributed by atoms with Crippen molar-refractivity contribution in [1.29, 1.82) is 0 Å². The van der Waals surface area contributed by atoms with Crippen LogP contribution in [-0.2, 0) is 0 Å². The number of ether oxygens (including phenoxy) is 4. The van der Waals surface area contributed by atoms with Crippen LogP contribution < -0.4 is 29.6 Å². The monoisotopic (exact) mass is 611 g/mol. The van der Waals surface area contributed by atoms with E-state index in [1.807, 2.05) is 6.92 Å². The number of carbonyl (C=O) groups excluding carboxylic acids is 1. The summed E-state index contributed by atoms with van der Waals surface area (Å²) in [7, 11) is 0. The number of anilines is 2. The summed E-state index contributed by atoms with van der Waals surface area (Å²) in [6.07, 6.45) is -5.06. The Kier molecular flexibility index (Phi) is 7.36. The molecule has 0 aliphatic carbocycles. The molecular weight excluding hydrogens is 587 g/mol. The number of nitro groups is 1. The van der Waals surface area contributed by atoms with Crippen molar-refractivity contribution in [2.45, 2.75) is 31.6 Å². The Balaban J connectivity index is 1.24. The lowest BCUT2D eigenvalue weighted by Crippen LogP contribution is -2.35. The van der Waals surface area contributed by atoms with Crippen molar-refractivity contribution >= 4 is 23.1 Å². The van der Waals surface area contributed by atoms with Gasteiger partial charge in [-0.05, 0) is 48.9 Å². The van der Waals surface area contributed by atoms with E-state index in [1.54, 1.807) is 42.5 Å². The molecule has 4 aromatic rings. The van der Waals surface area contributed by atoms with Crippen LogP contribution in [0.5, 0.6) is 28.7 Å². The van der Waals surface area contributed by atoms with Gasteiger partial charge in [0.1, 0.15) is 23.1 Å². The van der Waals surface area contributed by atoms with Gasteiger partial charge in [0.15, 0.2) is 23.2 Å². The van der Waals surface area contributed by atoms with Crippen molar-refractivity contribution in [3.05, 3.63) is 88.1 Å². The normalized spacial score (nSPS) is 16.9. The van der Waals surface area contributed by atoms with Gasteiger partial charge in [0, 0.05) is 24.6 Å². The van der Waals surface area contributed by atoms with Crippen molar-refractivity contribution in [2.75, 3.05) is 24.0 Å². The van der Waals surface area contributed by atoms with Crippen LogP contribution in [0.2, 0.25) is 0 Å². The topological polar surface area (TPSA) is 139 Å². The SMILES string of the molecule is CCOc1ccc(Oc2cc(NC(=O)c3cc4n(n3)[C@H](C(F)(F)F)C[C@@H](c3ccc5c(c3)OCO5)N4)cc([N+](=O)[O-])c2)cc1. The van der Waals surface area contributed by atoms with Gasteiger partial charge in [-0.15, -0.1) is 0 Å². The van der Waals surface area contributed by atoms with Crippen molar-refractivity contribution in [2.24, 2.45) is 0 Å². The summed E-state index contributed by atoms with van der Waals surface area (Å²) >= 11 is 0. The molecule has 1 aromatic heterocycles. The molecule has 12 nitrogen and oxygen atoms in total. The number of hydrogen-bond donors (Lipinski definition) is 2. The summed E-state index contributed by atoms with van der Waals surface area (Å²) in [6.45, 7) is 2.33. The highest BCUT2D eigenvalue weighted by Gasteiger charge is 2.47. The lowest BCUT2D eigenvalue weighted by atomic mass is 9.96. The lowest BCUT2D eigenvalue weighted by molar-refractivity contribution is -0.384. The van der Waals surface area contributed by atoms with E-state index in [1.165, 1.54) is 18.2 Å². The van der Waals surface area contributed by atoms with Crippen LogP contribution in [0.4, 0.5) is 30.4 Å². The summed E-state index contributed by atoms with van der Waals surface area (Å²) in [5.74, 6) is 1.04. The van der Waals surface area contributed by atoms with Gasteiger partial charge in [0.25, 0.3) is 11.6 Å². The Morgan fingerprint density at radius 1 is 1.07 bits per heavy atom. The fraction of sp³-hybridized carbons (Fsp3) is 0.241. The van der Waals surface area contributed by atoms with Gasteiger partial charge < -0.3 is 29.6 Å². The Bertz CT molecular complexity index is 1730. The highest BCUT2D eigenvalue weighted by molar-refractivity contribution is 6.03. The van der Waals surface area contributed by atoms with E-state index in [-0.39, 0.29) is 35.4 Å². The second-order valence-corrected chi connectivity index (χ2v) is 9.90. The number of hydrogen-bond acceptors (Lipinski definition) is 9. The predicted molar refractivity (Wildman–Crippen MR) is 150 cm³/mol. The molecule has 0 unspecified atom stereocenters. The third-order valence-electron chi connectivity index (χ3n) is 6.95. The van der Waals surface area contributed by atoms with E-state index in [4.69, 9.17) is 18.9 Å². The molecule has 228 valence electrons. The summed E-state index contributed by atoms with van der Waals surface area (Å²) in [5, 5.41) is 21.0. The zero-order valence-electron chi connectivity index (χ0n) is 23.0. The molecule has 1 amide bonds. The van der Waals surface area contributed by atoms with Crippen LogP contribution in [0.3, 0.4) is 0 Å². The Hall–Kier alpha value is -5.47. The maximum atomic E-state index is 14.2. The number of fused-ring (bicyclic) bond motifs is 2. The van der Waals surface area contributed by atoms with E-state index in [9.17, 15) is 28.1 Å². The summed E-state index contributed by atoms with van der Waals surface area (Å²) in [5.41, 5.74) is -0.180. The number of benzene rings is 3. The number of rotatable bonds is 8. The maximum absolute atomic E-state index is 14.2. The molecular formula is C29H24F3N5O7. The van der Waals surface area contributed by atoms with Crippen LogP contribution in [0.1, 0.15) is 41.5 Å². The quantitative estimate of drug-likeness (QED) is 0.166. The first-order valence-electron chi connectivity index (χ1n) is 13.4. The third kappa shape index (κ3) is 5.88.